The Morgan fingerprint density at radius 1 is 0.955 bits per heavy atom. The second-order valence-electron chi connectivity index (χ2n) is 5.79. The van der Waals surface area contributed by atoms with Crippen LogP contribution in [-0.4, -0.2) is 23.9 Å². The van der Waals surface area contributed by atoms with Gasteiger partial charge in [-0.2, -0.15) is 0 Å². The first-order valence-electron chi connectivity index (χ1n) is 7.95. The molecule has 1 unspecified atom stereocenters. The molecule has 22 heavy (non-hydrogen) atoms. The molecule has 3 rings (SSSR count). The molecular weight excluding hydrogens is 272 g/mol. The zero-order chi connectivity index (χ0) is 15.2. The van der Waals surface area contributed by atoms with Gasteiger partial charge >= 0.3 is 0 Å². The van der Waals surface area contributed by atoms with Crippen molar-refractivity contribution in [1.82, 2.24) is 10.2 Å². The molecule has 0 spiro atoms. The first-order valence-corrected chi connectivity index (χ1v) is 7.95. The molecule has 114 valence electrons. The number of amides is 1. The van der Waals surface area contributed by atoms with Gasteiger partial charge < -0.3 is 5.32 Å². The van der Waals surface area contributed by atoms with Crippen molar-refractivity contribution < 1.29 is 4.79 Å². The Morgan fingerprint density at radius 3 is 2.18 bits per heavy atom. The maximum Gasteiger partial charge on any atom is 0.225 e. The third kappa shape index (κ3) is 3.74. The quantitative estimate of drug-likeness (QED) is 0.919. The summed E-state index contributed by atoms with van der Waals surface area (Å²) in [6.07, 6.45) is 2.83. The van der Waals surface area contributed by atoms with Crippen LogP contribution in [0.15, 0.2) is 60.7 Å². The van der Waals surface area contributed by atoms with E-state index in [0.29, 0.717) is 6.42 Å². The molecule has 0 radical (unpaired) electrons. The summed E-state index contributed by atoms with van der Waals surface area (Å²) in [5.74, 6) is 0.0759. The molecule has 0 saturated carbocycles. The molecule has 2 aromatic carbocycles. The van der Waals surface area contributed by atoms with Gasteiger partial charge in [0.1, 0.15) is 6.17 Å². The van der Waals surface area contributed by atoms with Gasteiger partial charge in [-0.1, -0.05) is 60.7 Å². The molecule has 3 heteroatoms. The van der Waals surface area contributed by atoms with E-state index in [-0.39, 0.29) is 12.1 Å². The number of hydrogen-bond donors (Lipinski definition) is 1. The summed E-state index contributed by atoms with van der Waals surface area (Å²) in [7, 11) is 0. The summed E-state index contributed by atoms with van der Waals surface area (Å²) in [6.45, 7) is 2.09. The van der Waals surface area contributed by atoms with E-state index in [2.05, 4.69) is 22.3 Å². The van der Waals surface area contributed by atoms with Gasteiger partial charge in [-0.25, -0.2) is 0 Å². The maximum absolute atomic E-state index is 12.4. The molecular formula is C19H22N2O. The van der Waals surface area contributed by atoms with Crippen LogP contribution in [0.1, 0.15) is 30.1 Å². The first-order chi connectivity index (χ1) is 10.8. The zero-order valence-corrected chi connectivity index (χ0v) is 12.7. The fraction of sp³-hybridized carbons (Fsp3) is 0.316. The number of hydrogen-bond acceptors (Lipinski definition) is 2. The van der Waals surface area contributed by atoms with Crippen molar-refractivity contribution in [2.24, 2.45) is 0 Å². The summed E-state index contributed by atoms with van der Waals surface area (Å²) < 4.78 is 0. The normalized spacial score (nSPS) is 16.4. The van der Waals surface area contributed by atoms with Gasteiger partial charge in [-0.3, -0.25) is 9.69 Å². The molecule has 1 aliphatic rings. The van der Waals surface area contributed by atoms with Crippen LogP contribution >= 0.6 is 0 Å². The minimum absolute atomic E-state index is 0.0140. The van der Waals surface area contributed by atoms with Crippen molar-refractivity contribution in [3.05, 3.63) is 71.8 Å². The molecule has 0 aromatic heterocycles. The molecule has 1 fully saturated rings. The summed E-state index contributed by atoms with van der Waals surface area (Å²) in [5.41, 5.74) is 2.21. The van der Waals surface area contributed by atoms with Crippen molar-refractivity contribution >= 4 is 5.91 Å². The van der Waals surface area contributed by atoms with E-state index < -0.39 is 0 Å². The first kappa shape index (κ1) is 14.8. The lowest BCUT2D eigenvalue weighted by Crippen LogP contribution is -2.40. The standard InChI is InChI=1S/C19H22N2O/c22-18(15-16-9-3-1-4-10-16)20-19(21-13-7-8-14-21)17-11-5-2-6-12-17/h1-6,9-12,19H,7-8,13-15H2,(H,20,22). The van der Waals surface area contributed by atoms with E-state index in [4.69, 9.17) is 0 Å². The van der Waals surface area contributed by atoms with Crippen molar-refractivity contribution in [2.75, 3.05) is 13.1 Å². The maximum atomic E-state index is 12.4. The smallest absolute Gasteiger partial charge is 0.225 e. The minimum Gasteiger partial charge on any atom is -0.336 e. The summed E-state index contributed by atoms with van der Waals surface area (Å²) in [4.78, 5) is 14.8. The van der Waals surface area contributed by atoms with Crippen molar-refractivity contribution in [2.45, 2.75) is 25.4 Å². The number of nitrogens with one attached hydrogen (secondary N) is 1. The lowest BCUT2D eigenvalue weighted by molar-refractivity contribution is -0.122. The van der Waals surface area contributed by atoms with Crippen LogP contribution in [0.5, 0.6) is 0 Å². The van der Waals surface area contributed by atoms with Crippen molar-refractivity contribution in [3.8, 4) is 0 Å². The van der Waals surface area contributed by atoms with Crippen LogP contribution < -0.4 is 5.32 Å². The number of carbonyl (C=O) groups excluding carboxylic acids is 1. The van der Waals surface area contributed by atoms with Gasteiger partial charge in [-0.05, 0) is 24.0 Å². The van der Waals surface area contributed by atoms with Crippen molar-refractivity contribution in [1.29, 1.82) is 0 Å². The van der Waals surface area contributed by atoms with E-state index in [1.165, 1.54) is 12.8 Å². The molecule has 1 amide bonds. The van der Waals surface area contributed by atoms with Crippen LogP contribution in [-0.2, 0) is 11.2 Å². The van der Waals surface area contributed by atoms with E-state index in [0.717, 1.165) is 24.2 Å². The zero-order valence-electron chi connectivity index (χ0n) is 12.7. The highest BCUT2D eigenvalue weighted by Crippen LogP contribution is 2.22. The van der Waals surface area contributed by atoms with Gasteiger partial charge in [0.2, 0.25) is 5.91 Å². The number of benzene rings is 2. The fourth-order valence-electron chi connectivity index (χ4n) is 3.01. The molecule has 2 aromatic rings. The largest absolute Gasteiger partial charge is 0.336 e. The Morgan fingerprint density at radius 2 is 1.55 bits per heavy atom. The second-order valence-corrected chi connectivity index (χ2v) is 5.79. The molecule has 0 bridgehead atoms. The van der Waals surface area contributed by atoms with E-state index in [1.807, 2.05) is 48.5 Å². The Labute approximate surface area is 132 Å². The highest BCUT2D eigenvalue weighted by atomic mass is 16.1. The van der Waals surface area contributed by atoms with E-state index in [1.54, 1.807) is 0 Å². The lowest BCUT2D eigenvalue weighted by Gasteiger charge is -2.28. The Balaban J connectivity index is 1.71. The SMILES string of the molecule is O=C(Cc1ccccc1)NC(c1ccccc1)N1CCCC1. The number of likely N-dealkylation sites (tertiary alicyclic amines) is 1. The van der Waals surface area contributed by atoms with Crippen LogP contribution in [0.25, 0.3) is 0 Å². The highest BCUT2D eigenvalue weighted by Gasteiger charge is 2.24. The number of carbonyl (C=O) groups is 1. The van der Waals surface area contributed by atoms with Crippen LogP contribution in [0.3, 0.4) is 0 Å². The Kier molecular flexibility index (Phi) is 4.86. The highest BCUT2D eigenvalue weighted by molar-refractivity contribution is 5.79. The average Bonchev–Trinajstić information content (AvgIpc) is 3.08. The fourth-order valence-corrected chi connectivity index (χ4v) is 3.01. The topological polar surface area (TPSA) is 32.3 Å². The van der Waals surface area contributed by atoms with Crippen LogP contribution in [0.4, 0.5) is 0 Å². The van der Waals surface area contributed by atoms with Gasteiger partial charge in [0.25, 0.3) is 0 Å². The molecule has 1 saturated heterocycles. The molecule has 3 nitrogen and oxygen atoms in total. The average molecular weight is 294 g/mol. The van der Waals surface area contributed by atoms with Gasteiger partial charge in [-0.15, -0.1) is 0 Å². The third-order valence-corrected chi connectivity index (χ3v) is 4.13. The minimum atomic E-state index is -0.0140. The summed E-state index contributed by atoms with van der Waals surface area (Å²) >= 11 is 0. The van der Waals surface area contributed by atoms with Gasteiger partial charge in [0.15, 0.2) is 0 Å². The monoisotopic (exact) mass is 294 g/mol. The van der Waals surface area contributed by atoms with Crippen LogP contribution in [0, 0.1) is 0 Å². The van der Waals surface area contributed by atoms with E-state index in [9.17, 15) is 4.79 Å². The molecule has 0 aliphatic carbocycles. The Hall–Kier alpha value is -2.13. The summed E-state index contributed by atoms with van der Waals surface area (Å²) in [5, 5.41) is 3.21. The predicted molar refractivity (Wildman–Crippen MR) is 88.3 cm³/mol. The lowest BCUT2D eigenvalue weighted by atomic mass is 10.1. The van der Waals surface area contributed by atoms with Gasteiger partial charge in [0, 0.05) is 13.1 Å². The second kappa shape index (κ2) is 7.23. The van der Waals surface area contributed by atoms with Crippen LogP contribution in [0.2, 0.25) is 0 Å². The number of nitrogens with zero attached hydrogens (tertiary/aromatic N) is 1. The number of rotatable bonds is 5. The van der Waals surface area contributed by atoms with E-state index >= 15 is 0 Å². The predicted octanol–water partition coefficient (Wildman–Crippen LogP) is 3.14. The third-order valence-electron chi connectivity index (χ3n) is 4.13. The molecule has 1 aliphatic heterocycles. The Bertz CT molecular complexity index is 591. The molecule has 1 atom stereocenters. The molecule has 1 heterocycles. The summed E-state index contributed by atoms with van der Waals surface area (Å²) in [6, 6.07) is 20.1. The van der Waals surface area contributed by atoms with Gasteiger partial charge in [0.05, 0.1) is 6.42 Å². The molecule has 1 N–H and O–H groups in total. The van der Waals surface area contributed by atoms with Crippen molar-refractivity contribution in [3.63, 3.8) is 0 Å².